The van der Waals surface area contributed by atoms with Gasteiger partial charge in [-0.15, -0.1) is 0 Å². The Morgan fingerprint density at radius 1 is 1.30 bits per heavy atom. The maximum Gasteiger partial charge on any atom is 0.175 e. The molecule has 0 aromatic heterocycles. The summed E-state index contributed by atoms with van der Waals surface area (Å²) < 4.78 is 22.9. The third-order valence-electron chi connectivity index (χ3n) is 3.90. The number of hydrogen-bond acceptors (Lipinski definition) is 4. The molecule has 0 heterocycles. The van der Waals surface area contributed by atoms with Crippen molar-refractivity contribution in [3.05, 3.63) is 29.8 Å². The molecule has 1 aliphatic rings. The quantitative estimate of drug-likeness (QED) is 0.807. The van der Waals surface area contributed by atoms with Crippen LogP contribution in [-0.2, 0) is 9.84 Å². The molecule has 20 heavy (non-hydrogen) atoms. The predicted octanol–water partition coefficient (Wildman–Crippen LogP) is 1.90. The molecular formula is C15H23NO3S. The van der Waals surface area contributed by atoms with E-state index in [9.17, 15) is 8.42 Å². The van der Waals surface area contributed by atoms with E-state index < -0.39 is 9.84 Å². The first kappa shape index (κ1) is 15.5. The number of aliphatic hydroxyl groups is 1. The van der Waals surface area contributed by atoms with E-state index in [1.54, 1.807) is 12.1 Å². The number of nitrogens with one attached hydrogen (secondary N) is 1. The van der Waals surface area contributed by atoms with Gasteiger partial charge in [0.15, 0.2) is 9.84 Å². The molecule has 1 aromatic carbocycles. The molecule has 2 N–H and O–H groups in total. The van der Waals surface area contributed by atoms with Crippen LogP contribution in [0, 0.1) is 5.92 Å². The van der Waals surface area contributed by atoms with Gasteiger partial charge in [0.2, 0.25) is 0 Å². The van der Waals surface area contributed by atoms with Crippen LogP contribution in [0.2, 0.25) is 0 Å². The van der Waals surface area contributed by atoms with Gasteiger partial charge >= 0.3 is 0 Å². The topological polar surface area (TPSA) is 66.4 Å². The third kappa shape index (κ3) is 4.04. The first-order valence-electron chi connectivity index (χ1n) is 7.08. The Kier molecular flexibility index (Phi) is 4.83. The molecular weight excluding hydrogens is 274 g/mol. The number of aliphatic hydroxyl groups excluding tert-OH is 1. The fourth-order valence-corrected chi connectivity index (χ4v) is 3.14. The van der Waals surface area contributed by atoms with Crippen molar-refractivity contribution in [2.75, 3.05) is 12.9 Å². The Morgan fingerprint density at radius 2 is 1.90 bits per heavy atom. The van der Waals surface area contributed by atoms with Gasteiger partial charge < -0.3 is 10.4 Å². The van der Waals surface area contributed by atoms with E-state index in [1.807, 2.05) is 12.1 Å². The van der Waals surface area contributed by atoms with E-state index in [4.69, 9.17) is 5.11 Å². The second kappa shape index (κ2) is 6.24. The molecule has 4 nitrogen and oxygen atoms in total. The predicted molar refractivity (Wildman–Crippen MR) is 79.3 cm³/mol. The van der Waals surface area contributed by atoms with Gasteiger partial charge in [-0.3, -0.25) is 0 Å². The highest BCUT2D eigenvalue weighted by molar-refractivity contribution is 7.90. The van der Waals surface area contributed by atoms with Crippen molar-refractivity contribution in [1.82, 2.24) is 5.32 Å². The van der Waals surface area contributed by atoms with E-state index in [0.29, 0.717) is 16.9 Å². The van der Waals surface area contributed by atoms with Crippen molar-refractivity contribution in [2.45, 2.75) is 43.2 Å². The van der Waals surface area contributed by atoms with Crippen LogP contribution in [0.1, 0.15) is 37.8 Å². The Bertz CT molecular complexity index is 535. The van der Waals surface area contributed by atoms with E-state index >= 15 is 0 Å². The second-order valence-electron chi connectivity index (χ2n) is 5.69. The summed E-state index contributed by atoms with van der Waals surface area (Å²) in [5, 5.41) is 12.7. The van der Waals surface area contributed by atoms with Crippen molar-refractivity contribution in [3.8, 4) is 0 Å². The monoisotopic (exact) mass is 297 g/mol. The zero-order valence-electron chi connectivity index (χ0n) is 12.0. The molecule has 0 saturated heterocycles. The molecule has 0 spiro atoms. The molecule has 1 aromatic rings. The highest BCUT2D eigenvalue weighted by Crippen LogP contribution is 2.35. The van der Waals surface area contributed by atoms with Crippen LogP contribution < -0.4 is 5.32 Å². The highest BCUT2D eigenvalue weighted by atomic mass is 32.2. The average molecular weight is 297 g/mol. The van der Waals surface area contributed by atoms with Gasteiger partial charge in [-0.05, 0) is 49.8 Å². The Balaban J connectivity index is 2.03. The Labute approximate surface area is 121 Å². The van der Waals surface area contributed by atoms with E-state index in [2.05, 4.69) is 12.2 Å². The van der Waals surface area contributed by atoms with Crippen LogP contribution >= 0.6 is 0 Å². The summed E-state index contributed by atoms with van der Waals surface area (Å²) in [6.45, 7) is 2.27. The van der Waals surface area contributed by atoms with Gasteiger partial charge in [-0.25, -0.2) is 8.42 Å². The zero-order valence-corrected chi connectivity index (χ0v) is 12.9. The molecule has 5 heteroatoms. The summed E-state index contributed by atoms with van der Waals surface area (Å²) in [5.74, 6) is 0.680. The van der Waals surface area contributed by atoms with Crippen LogP contribution in [-0.4, -0.2) is 32.4 Å². The summed E-state index contributed by atoms with van der Waals surface area (Å²) in [5.41, 5.74) is 1.07. The normalized spacial score (nSPS) is 18.8. The van der Waals surface area contributed by atoms with Crippen LogP contribution in [0.3, 0.4) is 0 Å². The average Bonchev–Trinajstić information content (AvgIpc) is 3.21. The van der Waals surface area contributed by atoms with Crippen molar-refractivity contribution in [3.63, 3.8) is 0 Å². The lowest BCUT2D eigenvalue weighted by molar-refractivity contribution is 0.250. The van der Waals surface area contributed by atoms with Gasteiger partial charge in [0, 0.05) is 24.9 Å². The molecule has 0 bridgehead atoms. The lowest BCUT2D eigenvalue weighted by atomic mass is 10.0. The Hall–Kier alpha value is -0.910. The minimum Gasteiger partial charge on any atom is -0.396 e. The lowest BCUT2D eigenvalue weighted by Gasteiger charge is -2.23. The van der Waals surface area contributed by atoms with Gasteiger partial charge in [0.25, 0.3) is 0 Å². The van der Waals surface area contributed by atoms with Crippen LogP contribution in [0.4, 0.5) is 0 Å². The second-order valence-corrected chi connectivity index (χ2v) is 7.70. The largest absolute Gasteiger partial charge is 0.396 e. The van der Waals surface area contributed by atoms with Gasteiger partial charge in [-0.1, -0.05) is 12.1 Å². The summed E-state index contributed by atoms with van der Waals surface area (Å²) in [4.78, 5) is 0.350. The first-order chi connectivity index (χ1) is 9.41. The van der Waals surface area contributed by atoms with E-state index in [0.717, 1.165) is 12.0 Å². The summed E-state index contributed by atoms with van der Waals surface area (Å²) in [7, 11) is -3.13. The van der Waals surface area contributed by atoms with Crippen LogP contribution in [0.5, 0.6) is 0 Å². The summed E-state index contributed by atoms with van der Waals surface area (Å²) >= 11 is 0. The van der Waals surface area contributed by atoms with Crippen LogP contribution in [0.15, 0.2) is 29.2 Å². The van der Waals surface area contributed by atoms with Crippen molar-refractivity contribution in [1.29, 1.82) is 0 Å². The van der Waals surface area contributed by atoms with Crippen LogP contribution in [0.25, 0.3) is 0 Å². The van der Waals surface area contributed by atoms with E-state index in [1.165, 1.54) is 19.1 Å². The standard InChI is InChI=1S/C15H23NO3S/c1-11(16-15(9-10-17)13-3-4-13)12-5-7-14(8-6-12)20(2,18)19/h5-8,11,13,15-17H,3-4,9-10H2,1-2H3. The highest BCUT2D eigenvalue weighted by Gasteiger charge is 2.31. The molecule has 2 unspecified atom stereocenters. The smallest absolute Gasteiger partial charge is 0.175 e. The maximum atomic E-state index is 11.4. The number of hydrogen-bond donors (Lipinski definition) is 2. The van der Waals surface area contributed by atoms with Crippen molar-refractivity contribution < 1.29 is 13.5 Å². The van der Waals surface area contributed by atoms with Crippen molar-refractivity contribution in [2.24, 2.45) is 5.92 Å². The molecule has 0 amide bonds. The SMILES string of the molecule is CC(NC(CCO)C1CC1)c1ccc(S(C)(=O)=O)cc1. The Morgan fingerprint density at radius 3 is 2.35 bits per heavy atom. The molecule has 1 saturated carbocycles. The molecule has 0 radical (unpaired) electrons. The first-order valence-corrected chi connectivity index (χ1v) is 8.98. The summed E-state index contributed by atoms with van der Waals surface area (Å²) in [6.07, 6.45) is 4.46. The molecule has 0 aliphatic heterocycles. The molecule has 2 atom stereocenters. The molecule has 1 fully saturated rings. The molecule has 2 rings (SSSR count). The van der Waals surface area contributed by atoms with Crippen molar-refractivity contribution >= 4 is 9.84 Å². The van der Waals surface area contributed by atoms with Gasteiger partial charge in [-0.2, -0.15) is 0 Å². The van der Waals surface area contributed by atoms with Gasteiger partial charge in [0.1, 0.15) is 0 Å². The zero-order chi connectivity index (χ0) is 14.8. The van der Waals surface area contributed by atoms with E-state index in [-0.39, 0.29) is 12.6 Å². The molecule has 112 valence electrons. The number of rotatable bonds is 7. The fraction of sp³-hybridized carbons (Fsp3) is 0.600. The number of sulfone groups is 1. The summed E-state index contributed by atoms with van der Waals surface area (Å²) in [6, 6.07) is 7.53. The van der Waals surface area contributed by atoms with Gasteiger partial charge in [0.05, 0.1) is 4.90 Å². The minimum absolute atomic E-state index is 0.153. The lowest BCUT2D eigenvalue weighted by Crippen LogP contribution is -2.34. The maximum absolute atomic E-state index is 11.4. The number of benzene rings is 1. The minimum atomic E-state index is -3.13. The molecule has 1 aliphatic carbocycles. The third-order valence-corrected chi connectivity index (χ3v) is 5.03. The fourth-order valence-electron chi connectivity index (χ4n) is 2.51.